The third kappa shape index (κ3) is 6.18. The van der Waals surface area contributed by atoms with Gasteiger partial charge in [0.15, 0.2) is 0 Å². The van der Waals surface area contributed by atoms with Crippen LogP contribution in [0.2, 0.25) is 0 Å². The molecular formula is C30H51BrO6. The van der Waals surface area contributed by atoms with Crippen LogP contribution in [-0.2, 0) is 18.9 Å². The second-order valence-electron chi connectivity index (χ2n) is 14.0. The number of aliphatic hydroxyl groups is 2. The van der Waals surface area contributed by atoms with Gasteiger partial charge in [0.25, 0.3) is 0 Å². The number of rotatable bonds is 6. The van der Waals surface area contributed by atoms with Crippen LogP contribution >= 0.6 is 15.9 Å². The molecule has 0 bridgehead atoms. The Morgan fingerprint density at radius 3 is 2.22 bits per heavy atom. The molecule has 4 fully saturated rings. The Kier molecular flexibility index (Phi) is 8.44. The molecule has 0 aliphatic carbocycles. The highest BCUT2D eigenvalue weighted by Crippen LogP contribution is 2.48. The molecule has 214 valence electrons. The SMILES string of the molecule is C/C(=C\C[C@@H](O)[C@]1(C)CC[C@H](C(C)(C)O)O1)[C@H]1CC[C@H]2O[C@@H]([C@]3(C)CC[C@@H](Br)C(C)(C)O3)CC[C@]2(C)O1. The van der Waals surface area contributed by atoms with Gasteiger partial charge in [-0.15, -0.1) is 0 Å². The first-order valence-electron chi connectivity index (χ1n) is 14.4. The molecule has 6 nitrogen and oxygen atoms in total. The fraction of sp³-hybridized carbons (Fsp3) is 0.933. The average molecular weight is 588 g/mol. The molecule has 4 rings (SSSR count). The van der Waals surface area contributed by atoms with Crippen molar-refractivity contribution in [2.45, 2.75) is 177 Å². The first-order valence-corrected chi connectivity index (χ1v) is 15.3. The van der Waals surface area contributed by atoms with E-state index in [1.807, 2.05) is 6.92 Å². The highest BCUT2D eigenvalue weighted by atomic mass is 79.9. The Hall–Kier alpha value is -0.0200. The quantitative estimate of drug-likeness (QED) is 0.294. The summed E-state index contributed by atoms with van der Waals surface area (Å²) in [5.41, 5.74) is -1.19. The number of ether oxygens (including phenoxy) is 4. The van der Waals surface area contributed by atoms with E-state index in [1.165, 1.54) is 0 Å². The maximum Gasteiger partial charge on any atom is 0.0924 e. The van der Waals surface area contributed by atoms with Crippen LogP contribution in [0.15, 0.2) is 11.6 Å². The van der Waals surface area contributed by atoms with Crippen LogP contribution in [0.4, 0.5) is 0 Å². The molecule has 4 aliphatic rings. The zero-order valence-electron chi connectivity index (χ0n) is 24.3. The molecule has 2 N–H and O–H groups in total. The van der Waals surface area contributed by atoms with Crippen molar-refractivity contribution >= 4 is 15.9 Å². The van der Waals surface area contributed by atoms with Gasteiger partial charge in [0.05, 0.1) is 58.5 Å². The van der Waals surface area contributed by atoms with E-state index in [0.29, 0.717) is 11.2 Å². The molecule has 0 amide bonds. The third-order valence-electron chi connectivity index (χ3n) is 9.82. The Labute approximate surface area is 233 Å². The van der Waals surface area contributed by atoms with Crippen molar-refractivity contribution in [1.82, 2.24) is 0 Å². The Balaban J connectivity index is 1.34. The van der Waals surface area contributed by atoms with Crippen LogP contribution in [0, 0.1) is 0 Å². The van der Waals surface area contributed by atoms with E-state index in [0.717, 1.165) is 56.9 Å². The minimum absolute atomic E-state index is 0.0321. The minimum atomic E-state index is -0.903. The lowest BCUT2D eigenvalue weighted by molar-refractivity contribution is -0.284. The Morgan fingerprint density at radius 2 is 1.59 bits per heavy atom. The lowest BCUT2D eigenvalue weighted by Crippen LogP contribution is -2.62. The monoisotopic (exact) mass is 586 g/mol. The highest BCUT2D eigenvalue weighted by molar-refractivity contribution is 9.09. The van der Waals surface area contributed by atoms with E-state index < -0.39 is 17.3 Å². The first kappa shape index (κ1) is 30.0. The lowest BCUT2D eigenvalue weighted by Gasteiger charge is -2.55. The number of aliphatic hydroxyl groups excluding tert-OH is 1. The first-order chi connectivity index (χ1) is 17.0. The van der Waals surface area contributed by atoms with Crippen molar-refractivity contribution in [1.29, 1.82) is 0 Å². The lowest BCUT2D eigenvalue weighted by atomic mass is 9.76. The molecule has 0 aromatic heterocycles. The molecule has 0 aromatic carbocycles. The van der Waals surface area contributed by atoms with E-state index in [2.05, 4.69) is 56.6 Å². The van der Waals surface area contributed by atoms with E-state index in [-0.39, 0.29) is 41.2 Å². The summed E-state index contributed by atoms with van der Waals surface area (Å²) in [6.07, 6.45) is 9.26. The van der Waals surface area contributed by atoms with E-state index in [1.54, 1.807) is 13.8 Å². The third-order valence-corrected chi connectivity index (χ3v) is 11.4. The van der Waals surface area contributed by atoms with Crippen LogP contribution in [-0.4, -0.2) is 73.6 Å². The maximum absolute atomic E-state index is 11.0. The molecule has 9 atom stereocenters. The summed E-state index contributed by atoms with van der Waals surface area (Å²) in [5.74, 6) is 0. The van der Waals surface area contributed by atoms with Gasteiger partial charge < -0.3 is 29.2 Å². The highest BCUT2D eigenvalue weighted by Gasteiger charge is 2.54. The molecule has 0 unspecified atom stereocenters. The number of alkyl halides is 1. The van der Waals surface area contributed by atoms with Crippen molar-refractivity contribution in [3.63, 3.8) is 0 Å². The Morgan fingerprint density at radius 1 is 0.946 bits per heavy atom. The predicted octanol–water partition coefficient (Wildman–Crippen LogP) is 5.99. The number of halogens is 1. The van der Waals surface area contributed by atoms with Gasteiger partial charge in [-0.1, -0.05) is 22.0 Å². The average Bonchev–Trinajstić information content (AvgIpc) is 3.22. The van der Waals surface area contributed by atoms with Crippen molar-refractivity contribution in [2.75, 3.05) is 0 Å². The molecule has 4 saturated heterocycles. The normalized spacial score (nSPS) is 45.9. The molecule has 4 aliphatic heterocycles. The van der Waals surface area contributed by atoms with Gasteiger partial charge in [0.1, 0.15) is 0 Å². The molecule has 0 spiro atoms. The number of hydrogen-bond acceptors (Lipinski definition) is 6. The fourth-order valence-corrected chi connectivity index (χ4v) is 7.26. The molecule has 0 aromatic rings. The zero-order chi connectivity index (χ0) is 27.4. The summed E-state index contributed by atoms with van der Waals surface area (Å²) in [7, 11) is 0. The Bertz CT molecular complexity index is 853. The molecule has 4 heterocycles. The van der Waals surface area contributed by atoms with Crippen molar-refractivity contribution in [3.8, 4) is 0 Å². The van der Waals surface area contributed by atoms with Crippen molar-refractivity contribution in [3.05, 3.63) is 11.6 Å². The molecule has 0 radical (unpaired) electrons. The minimum Gasteiger partial charge on any atom is -0.390 e. The molecular weight excluding hydrogens is 536 g/mol. The van der Waals surface area contributed by atoms with E-state index in [4.69, 9.17) is 18.9 Å². The summed E-state index contributed by atoms with van der Waals surface area (Å²) in [6, 6.07) is 0. The van der Waals surface area contributed by atoms with Gasteiger partial charge in [-0.2, -0.15) is 0 Å². The smallest absolute Gasteiger partial charge is 0.0924 e. The second-order valence-corrected chi connectivity index (χ2v) is 15.1. The van der Waals surface area contributed by atoms with Crippen molar-refractivity contribution < 1.29 is 29.2 Å². The summed E-state index contributed by atoms with van der Waals surface area (Å²) in [5, 5.41) is 21.3. The van der Waals surface area contributed by atoms with Gasteiger partial charge in [0.2, 0.25) is 0 Å². The van der Waals surface area contributed by atoms with E-state index in [9.17, 15) is 10.2 Å². The van der Waals surface area contributed by atoms with Crippen LogP contribution in [0.5, 0.6) is 0 Å². The predicted molar refractivity (Wildman–Crippen MR) is 149 cm³/mol. The zero-order valence-corrected chi connectivity index (χ0v) is 25.9. The standard InChI is InChI=1S/C30H51BrO6/c1-19(9-11-22(32)28(6)17-14-23(36-28)26(2,3)33)20-10-12-24-29(7,35-20)18-15-25(34-24)30(8)16-13-21(31)27(4,5)37-30/h9,20-25,32-33H,10-18H2,1-8H3/b19-9+/t20-,21-,22-,23-,24-,25-,28+,29+,30+/m1/s1. The molecule has 37 heavy (non-hydrogen) atoms. The number of fused-ring (bicyclic) bond motifs is 1. The van der Waals surface area contributed by atoms with Crippen LogP contribution in [0.3, 0.4) is 0 Å². The molecule has 7 heteroatoms. The van der Waals surface area contributed by atoms with Gasteiger partial charge in [-0.05, 0) is 119 Å². The van der Waals surface area contributed by atoms with Crippen LogP contribution < -0.4 is 0 Å². The van der Waals surface area contributed by atoms with Gasteiger partial charge in [-0.3, -0.25) is 0 Å². The number of hydrogen-bond donors (Lipinski definition) is 2. The summed E-state index contributed by atoms with van der Waals surface area (Å²) in [4.78, 5) is 0.361. The van der Waals surface area contributed by atoms with Gasteiger partial charge in [-0.25, -0.2) is 0 Å². The van der Waals surface area contributed by atoms with Crippen LogP contribution in [0.1, 0.15) is 113 Å². The maximum atomic E-state index is 11.0. The van der Waals surface area contributed by atoms with Gasteiger partial charge in [0, 0.05) is 4.83 Å². The molecule has 0 saturated carbocycles. The summed E-state index contributed by atoms with van der Waals surface area (Å²) in [6.45, 7) is 16.4. The van der Waals surface area contributed by atoms with Crippen molar-refractivity contribution in [2.24, 2.45) is 0 Å². The van der Waals surface area contributed by atoms with Crippen LogP contribution in [0.25, 0.3) is 0 Å². The summed E-state index contributed by atoms with van der Waals surface area (Å²) >= 11 is 3.80. The van der Waals surface area contributed by atoms with E-state index >= 15 is 0 Å². The fourth-order valence-electron chi connectivity index (χ4n) is 6.94. The second kappa shape index (κ2) is 10.4. The van der Waals surface area contributed by atoms with Gasteiger partial charge >= 0.3 is 0 Å². The largest absolute Gasteiger partial charge is 0.390 e. The topological polar surface area (TPSA) is 77.4 Å². The summed E-state index contributed by atoms with van der Waals surface area (Å²) < 4.78 is 26.3.